The molecule has 102 valence electrons. The smallest absolute Gasteiger partial charge is 0.241 e. The average molecular weight is 362 g/mol. The largest absolute Gasteiger partial charge is 0.391 e. The molecule has 0 spiro atoms. The first kappa shape index (κ1) is 14.7. The molecule has 0 atom stereocenters. The monoisotopic (exact) mass is 361 g/mol. The molecule has 1 heterocycles. The molecule has 0 aliphatic rings. The molecular weight excluding hydrogens is 350 g/mol. The highest BCUT2D eigenvalue weighted by Gasteiger charge is 2.15. The maximum atomic E-state index is 12.0. The van der Waals surface area contributed by atoms with E-state index in [2.05, 4.69) is 20.7 Å². The van der Waals surface area contributed by atoms with E-state index in [4.69, 9.17) is 5.11 Å². The fourth-order valence-electron chi connectivity index (χ4n) is 1.49. The highest BCUT2D eigenvalue weighted by atomic mass is 79.9. The fraction of sp³-hybridized carbons (Fsp3) is 0.167. The van der Waals surface area contributed by atoms with E-state index in [9.17, 15) is 8.42 Å². The maximum Gasteiger partial charge on any atom is 0.241 e. The lowest BCUT2D eigenvalue weighted by Crippen LogP contribution is -2.22. The molecule has 0 radical (unpaired) electrons. The number of aliphatic hydroxyl groups excluding tert-OH is 1. The predicted molar refractivity (Wildman–Crippen MR) is 78.4 cm³/mol. The van der Waals surface area contributed by atoms with Gasteiger partial charge in [-0.2, -0.15) is 0 Å². The topological polar surface area (TPSA) is 66.4 Å². The van der Waals surface area contributed by atoms with E-state index in [1.54, 1.807) is 0 Å². The minimum Gasteiger partial charge on any atom is -0.391 e. The van der Waals surface area contributed by atoms with Crippen molar-refractivity contribution in [2.75, 3.05) is 0 Å². The van der Waals surface area contributed by atoms with Gasteiger partial charge in [0, 0.05) is 21.3 Å². The molecule has 2 rings (SSSR count). The molecule has 0 unspecified atom stereocenters. The Morgan fingerprint density at radius 3 is 2.74 bits per heavy atom. The third-order valence-electron chi connectivity index (χ3n) is 2.45. The van der Waals surface area contributed by atoms with Crippen LogP contribution in [0.4, 0.5) is 0 Å². The van der Waals surface area contributed by atoms with Crippen LogP contribution in [0.1, 0.15) is 10.4 Å². The molecule has 0 aliphatic heterocycles. The molecule has 0 saturated carbocycles. The predicted octanol–water partition coefficient (Wildman–Crippen LogP) is 2.48. The van der Waals surface area contributed by atoms with Crippen LogP contribution in [0.5, 0.6) is 0 Å². The second kappa shape index (κ2) is 6.15. The molecule has 0 saturated heterocycles. The molecule has 4 nitrogen and oxygen atoms in total. The Balaban J connectivity index is 2.09. The van der Waals surface area contributed by atoms with Crippen LogP contribution in [0.15, 0.2) is 45.1 Å². The lowest BCUT2D eigenvalue weighted by Gasteiger charge is -2.05. The molecule has 0 fully saturated rings. The summed E-state index contributed by atoms with van der Waals surface area (Å²) in [6, 6.07) is 8.91. The second-order valence-electron chi connectivity index (χ2n) is 3.86. The Labute approximate surface area is 124 Å². The molecule has 19 heavy (non-hydrogen) atoms. The highest BCUT2D eigenvalue weighted by Crippen LogP contribution is 2.19. The number of thiophene rings is 1. The Bertz CT molecular complexity index is 667. The van der Waals surface area contributed by atoms with Gasteiger partial charge in [0.1, 0.15) is 0 Å². The van der Waals surface area contributed by atoms with E-state index >= 15 is 0 Å². The van der Waals surface area contributed by atoms with E-state index in [1.165, 1.54) is 22.8 Å². The lowest BCUT2D eigenvalue weighted by molar-refractivity contribution is 0.285. The Morgan fingerprint density at radius 1 is 1.32 bits per heavy atom. The Kier molecular flexibility index (Phi) is 4.75. The zero-order valence-corrected chi connectivity index (χ0v) is 13.1. The molecule has 2 aromatic rings. The van der Waals surface area contributed by atoms with E-state index in [0.717, 1.165) is 10.0 Å². The number of aliphatic hydroxyl groups is 1. The number of nitrogens with one attached hydrogen (secondary N) is 1. The van der Waals surface area contributed by atoms with Gasteiger partial charge in [-0.05, 0) is 23.8 Å². The highest BCUT2D eigenvalue weighted by molar-refractivity contribution is 9.10. The number of rotatable bonds is 5. The van der Waals surface area contributed by atoms with Crippen molar-refractivity contribution in [3.8, 4) is 0 Å². The second-order valence-corrected chi connectivity index (χ2v) is 7.54. The quantitative estimate of drug-likeness (QED) is 0.859. The summed E-state index contributed by atoms with van der Waals surface area (Å²) < 4.78 is 27.5. The number of benzene rings is 1. The summed E-state index contributed by atoms with van der Waals surface area (Å²) >= 11 is 4.56. The molecule has 0 amide bonds. The summed E-state index contributed by atoms with van der Waals surface area (Å²) in [5, 5.41) is 10.5. The van der Waals surface area contributed by atoms with Gasteiger partial charge in [0.15, 0.2) is 0 Å². The van der Waals surface area contributed by atoms with Crippen molar-refractivity contribution in [2.24, 2.45) is 0 Å². The van der Waals surface area contributed by atoms with Crippen LogP contribution in [0.2, 0.25) is 0 Å². The van der Waals surface area contributed by atoms with Crippen LogP contribution >= 0.6 is 27.3 Å². The third kappa shape index (κ3) is 3.87. The van der Waals surface area contributed by atoms with E-state index in [-0.39, 0.29) is 18.0 Å². The van der Waals surface area contributed by atoms with Gasteiger partial charge in [-0.25, -0.2) is 13.1 Å². The zero-order chi connectivity index (χ0) is 13.9. The van der Waals surface area contributed by atoms with Crippen LogP contribution in [0.3, 0.4) is 0 Å². The lowest BCUT2D eigenvalue weighted by atomic mass is 10.2. The zero-order valence-electron chi connectivity index (χ0n) is 9.84. The first-order valence-corrected chi connectivity index (χ1v) is 8.59. The molecule has 0 aliphatic carbocycles. The first-order valence-electron chi connectivity index (χ1n) is 5.43. The summed E-state index contributed by atoms with van der Waals surface area (Å²) in [4.78, 5) is 0.819. The molecular formula is C12H12BrNO3S2. The number of hydrogen-bond donors (Lipinski definition) is 2. The van der Waals surface area contributed by atoms with Gasteiger partial charge in [-0.15, -0.1) is 11.3 Å². The molecule has 0 bridgehead atoms. The van der Waals surface area contributed by atoms with Crippen molar-refractivity contribution in [3.63, 3.8) is 0 Å². The van der Waals surface area contributed by atoms with Crippen molar-refractivity contribution < 1.29 is 13.5 Å². The van der Waals surface area contributed by atoms with Gasteiger partial charge in [-0.1, -0.05) is 28.1 Å². The SMILES string of the molecule is O=S(=O)(NCc1cccc(Br)c1)c1csc(CO)c1. The minimum absolute atomic E-state index is 0.147. The van der Waals surface area contributed by atoms with Crippen LogP contribution in [0.25, 0.3) is 0 Å². The van der Waals surface area contributed by atoms with E-state index in [0.29, 0.717) is 4.88 Å². The van der Waals surface area contributed by atoms with Gasteiger partial charge in [-0.3, -0.25) is 0 Å². The van der Waals surface area contributed by atoms with Crippen molar-refractivity contribution in [1.82, 2.24) is 4.72 Å². The van der Waals surface area contributed by atoms with Gasteiger partial charge >= 0.3 is 0 Å². The fourth-order valence-corrected chi connectivity index (χ4v) is 4.09. The summed E-state index contributed by atoms with van der Waals surface area (Å²) in [5.41, 5.74) is 0.871. The van der Waals surface area contributed by atoms with Gasteiger partial charge in [0.25, 0.3) is 0 Å². The van der Waals surface area contributed by atoms with E-state index in [1.807, 2.05) is 24.3 Å². The molecule has 1 aromatic carbocycles. The molecule has 2 N–H and O–H groups in total. The number of hydrogen-bond acceptors (Lipinski definition) is 4. The Morgan fingerprint density at radius 2 is 2.11 bits per heavy atom. The molecule has 7 heteroatoms. The third-order valence-corrected chi connectivity index (χ3v) is 5.40. The summed E-state index contributed by atoms with van der Waals surface area (Å²) in [7, 11) is -3.53. The van der Waals surface area contributed by atoms with Gasteiger partial charge < -0.3 is 5.11 Å². The first-order chi connectivity index (χ1) is 9.01. The van der Waals surface area contributed by atoms with Crippen molar-refractivity contribution >= 4 is 37.3 Å². The normalized spacial score (nSPS) is 11.7. The van der Waals surface area contributed by atoms with Crippen LogP contribution in [-0.2, 0) is 23.2 Å². The summed E-state index contributed by atoms with van der Waals surface area (Å²) in [6.45, 7) is 0.0812. The van der Waals surface area contributed by atoms with Crippen LogP contribution < -0.4 is 4.72 Å². The molecule has 1 aromatic heterocycles. The van der Waals surface area contributed by atoms with Crippen molar-refractivity contribution in [2.45, 2.75) is 18.0 Å². The van der Waals surface area contributed by atoms with Crippen LogP contribution in [-0.4, -0.2) is 13.5 Å². The Hall–Kier alpha value is -0.730. The van der Waals surface area contributed by atoms with Crippen molar-refractivity contribution in [1.29, 1.82) is 0 Å². The van der Waals surface area contributed by atoms with Crippen molar-refractivity contribution in [3.05, 3.63) is 50.6 Å². The average Bonchev–Trinajstić information content (AvgIpc) is 2.86. The summed E-state index contributed by atoms with van der Waals surface area (Å²) in [5.74, 6) is 0. The number of halogens is 1. The van der Waals surface area contributed by atoms with Crippen LogP contribution in [0, 0.1) is 0 Å². The maximum absolute atomic E-state index is 12.0. The van der Waals surface area contributed by atoms with Gasteiger partial charge in [0.2, 0.25) is 10.0 Å². The number of sulfonamides is 1. The summed E-state index contributed by atoms with van der Waals surface area (Å²) in [6.07, 6.45) is 0. The minimum atomic E-state index is -3.53. The van der Waals surface area contributed by atoms with E-state index < -0.39 is 10.0 Å². The standard InChI is InChI=1S/C12H12BrNO3S2/c13-10-3-1-2-9(4-10)6-14-19(16,17)12-5-11(7-15)18-8-12/h1-5,8,14-15H,6-7H2. The van der Waals surface area contributed by atoms with Gasteiger partial charge in [0.05, 0.1) is 11.5 Å².